The van der Waals surface area contributed by atoms with Gasteiger partial charge in [0.05, 0.1) is 12.0 Å². The number of aromatic amines is 1. The van der Waals surface area contributed by atoms with Crippen molar-refractivity contribution in [1.82, 2.24) is 9.97 Å². The van der Waals surface area contributed by atoms with Crippen LogP contribution in [0, 0.1) is 0 Å². The fourth-order valence-corrected chi connectivity index (χ4v) is 3.35. The smallest absolute Gasteiger partial charge is 0.0923 e. The van der Waals surface area contributed by atoms with Crippen molar-refractivity contribution in [3.63, 3.8) is 0 Å². The summed E-state index contributed by atoms with van der Waals surface area (Å²) >= 11 is 2.00. The van der Waals surface area contributed by atoms with E-state index < -0.39 is 0 Å². The molecule has 0 bridgehead atoms. The van der Waals surface area contributed by atoms with Crippen LogP contribution in [0.5, 0.6) is 0 Å². The number of fused-ring (bicyclic) bond motifs is 1. The summed E-state index contributed by atoms with van der Waals surface area (Å²) in [6.07, 6.45) is 7.21. The molecule has 1 aliphatic rings. The molecule has 0 amide bonds. The molecule has 16 heavy (non-hydrogen) atoms. The number of H-pyrrole nitrogens is 1. The number of benzene rings is 1. The molecule has 0 unspecified atom stereocenters. The van der Waals surface area contributed by atoms with Crippen LogP contribution in [0.1, 0.15) is 23.2 Å². The van der Waals surface area contributed by atoms with Gasteiger partial charge in [0.1, 0.15) is 0 Å². The van der Waals surface area contributed by atoms with Crippen LogP contribution in [0.2, 0.25) is 0 Å². The molecule has 2 nitrogen and oxygen atoms in total. The van der Waals surface area contributed by atoms with Crippen molar-refractivity contribution in [2.45, 2.75) is 24.2 Å². The van der Waals surface area contributed by atoms with Crippen LogP contribution in [0.25, 0.3) is 0 Å². The van der Waals surface area contributed by atoms with Gasteiger partial charge in [0.25, 0.3) is 0 Å². The van der Waals surface area contributed by atoms with E-state index >= 15 is 0 Å². The van der Waals surface area contributed by atoms with E-state index in [0.717, 1.165) is 12.1 Å². The predicted octanol–water partition coefficient (Wildman–Crippen LogP) is 3.04. The average Bonchev–Trinajstić information content (AvgIpc) is 2.82. The molecule has 1 aliphatic heterocycles. The van der Waals surface area contributed by atoms with Gasteiger partial charge in [0, 0.05) is 17.5 Å². The minimum absolute atomic E-state index is 0.944. The third-order valence-corrected chi connectivity index (χ3v) is 4.25. The first-order valence-electron chi connectivity index (χ1n) is 5.65. The molecule has 1 aromatic carbocycles. The number of thioether (sulfide) groups is 1. The molecule has 3 heteroatoms. The summed E-state index contributed by atoms with van der Waals surface area (Å²) in [5.74, 6) is 1.25. The molecule has 0 radical (unpaired) electrons. The SMILES string of the molecule is c1cc2c(c(Cc3c[nH]cn3)c1)SCCC2. The Balaban J connectivity index is 1.94. The first-order chi connectivity index (χ1) is 7.93. The molecule has 1 aromatic heterocycles. The molecule has 82 valence electrons. The van der Waals surface area contributed by atoms with Crippen LogP contribution in [0.3, 0.4) is 0 Å². The van der Waals surface area contributed by atoms with Crippen LogP contribution in [0.4, 0.5) is 0 Å². The molecule has 0 fully saturated rings. The summed E-state index contributed by atoms with van der Waals surface area (Å²) in [5, 5.41) is 0. The summed E-state index contributed by atoms with van der Waals surface area (Å²) in [6, 6.07) is 6.66. The number of nitrogens with one attached hydrogen (secondary N) is 1. The topological polar surface area (TPSA) is 28.7 Å². The maximum absolute atomic E-state index is 4.30. The van der Waals surface area contributed by atoms with E-state index in [0.29, 0.717) is 0 Å². The van der Waals surface area contributed by atoms with E-state index in [1.54, 1.807) is 6.33 Å². The number of aryl methyl sites for hydroxylation is 1. The van der Waals surface area contributed by atoms with Crippen LogP contribution in [-0.4, -0.2) is 15.7 Å². The highest BCUT2D eigenvalue weighted by Gasteiger charge is 2.13. The maximum Gasteiger partial charge on any atom is 0.0923 e. The van der Waals surface area contributed by atoms with E-state index in [1.807, 2.05) is 18.0 Å². The average molecular weight is 230 g/mol. The van der Waals surface area contributed by atoms with Gasteiger partial charge in [-0.25, -0.2) is 4.98 Å². The lowest BCUT2D eigenvalue weighted by Gasteiger charge is -2.18. The highest BCUT2D eigenvalue weighted by Crippen LogP contribution is 2.33. The van der Waals surface area contributed by atoms with Gasteiger partial charge < -0.3 is 4.98 Å². The zero-order valence-corrected chi connectivity index (χ0v) is 9.89. The van der Waals surface area contributed by atoms with Crippen LogP contribution < -0.4 is 0 Å². The van der Waals surface area contributed by atoms with Gasteiger partial charge in [-0.2, -0.15) is 0 Å². The molecule has 0 saturated heterocycles. The van der Waals surface area contributed by atoms with Gasteiger partial charge in [0.2, 0.25) is 0 Å². The second kappa shape index (κ2) is 4.34. The molecule has 2 heterocycles. The van der Waals surface area contributed by atoms with Crippen molar-refractivity contribution < 1.29 is 0 Å². The summed E-state index contributed by atoms with van der Waals surface area (Å²) < 4.78 is 0. The first-order valence-corrected chi connectivity index (χ1v) is 6.63. The molecule has 0 aliphatic carbocycles. The minimum atomic E-state index is 0.944. The number of imidazole rings is 1. The van der Waals surface area contributed by atoms with Crippen molar-refractivity contribution in [2.24, 2.45) is 0 Å². The molecule has 0 spiro atoms. The van der Waals surface area contributed by atoms with Crippen LogP contribution >= 0.6 is 11.8 Å². The Labute approximate surface area is 99.5 Å². The standard InChI is InChI=1S/C13H14N2S/c1-3-10-5-2-6-16-13(10)11(4-1)7-12-8-14-9-15-12/h1,3-4,8-9H,2,5-7H2,(H,14,15). The Bertz CT molecular complexity index is 477. The Kier molecular flexibility index (Phi) is 2.70. The quantitative estimate of drug-likeness (QED) is 0.859. The second-order valence-electron chi connectivity index (χ2n) is 4.09. The Morgan fingerprint density at radius 3 is 3.25 bits per heavy atom. The van der Waals surface area contributed by atoms with Gasteiger partial charge in [-0.3, -0.25) is 0 Å². The number of aromatic nitrogens is 2. The molecule has 2 aromatic rings. The van der Waals surface area contributed by atoms with E-state index in [1.165, 1.54) is 34.6 Å². The van der Waals surface area contributed by atoms with Gasteiger partial charge >= 0.3 is 0 Å². The van der Waals surface area contributed by atoms with Crippen LogP contribution in [0.15, 0.2) is 35.6 Å². The highest BCUT2D eigenvalue weighted by atomic mass is 32.2. The third-order valence-electron chi connectivity index (χ3n) is 2.94. The van der Waals surface area contributed by atoms with Crippen LogP contribution in [-0.2, 0) is 12.8 Å². The Morgan fingerprint density at radius 1 is 1.38 bits per heavy atom. The van der Waals surface area contributed by atoms with E-state index in [-0.39, 0.29) is 0 Å². The molecule has 0 atom stereocenters. The summed E-state index contributed by atoms with van der Waals surface area (Å²) in [6.45, 7) is 0. The highest BCUT2D eigenvalue weighted by molar-refractivity contribution is 7.99. The van der Waals surface area contributed by atoms with Gasteiger partial charge in [-0.05, 0) is 29.7 Å². The van der Waals surface area contributed by atoms with Crippen molar-refractivity contribution in [2.75, 3.05) is 5.75 Å². The number of nitrogens with zero attached hydrogens (tertiary/aromatic N) is 1. The lowest BCUT2D eigenvalue weighted by atomic mass is 10.0. The number of hydrogen-bond acceptors (Lipinski definition) is 2. The zero-order chi connectivity index (χ0) is 10.8. The van der Waals surface area contributed by atoms with Gasteiger partial charge in [0.15, 0.2) is 0 Å². The summed E-state index contributed by atoms with van der Waals surface area (Å²) in [4.78, 5) is 8.80. The lowest BCUT2D eigenvalue weighted by molar-refractivity contribution is 0.875. The minimum Gasteiger partial charge on any atom is -0.351 e. The molecule has 3 rings (SSSR count). The maximum atomic E-state index is 4.30. The van der Waals surface area contributed by atoms with E-state index in [2.05, 4.69) is 28.2 Å². The second-order valence-corrected chi connectivity index (χ2v) is 5.20. The largest absolute Gasteiger partial charge is 0.351 e. The monoisotopic (exact) mass is 230 g/mol. The van der Waals surface area contributed by atoms with E-state index in [9.17, 15) is 0 Å². The summed E-state index contributed by atoms with van der Waals surface area (Å²) in [7, 11) is 0. The van der Waals surface area contributed by atoms with Crippen molar-refractivity contribution >= 4 is 11.8 Å². The predicted molar refractivity (Wildman–Crippen MR) is 66.9 cm³/mol. The van der Waals surface area contributed by atoms with Crippen molar-refractivity contribution in [1.29, 1.82) is 0 Å². The molecular weight excluding hydrogens is 216 g/mol. The van der Waals surface area contributed by atoms with Gasteiger partial charge in [-0.15, -0.1) is 11.8 Å². The van der Waals surface area contributed by atoms with E-state index in [4.69, 9.17) is 0 Å². The zero-order valence-electron chi connectivity index (χ0n) is 9.07. The molecule has 0 saturated carbocycles. The first kappa shape index (κ1) is 9.97. The Morgan fingerprint density at radius 2 is 2.38 bits per heavy atom. The fraction of sp³-hybridized carbons (Fsp3) is 0.308. The Hall–Kier alpha value is -1.22. The van der Waals surface area contributed by atoms with Gasteiger partial charge in [-0.1, -0.05) is 18.2 Å². The number of hydrogen-bond donors (Lipinski definition) is 1. The number of rotatable bonds is 2. The normalized spacial score (nSPS) is 14.8. The van der Waals surface area contributed by atoms with Crippen molar-refractivity contribution in [3.8, 4) is 0 Å². The van der Waals surface area contributed by atoms with Crippen molar-refractivity contribution in [3.05, 3.63) is 47.5 Å². The molecule has 1 N–H and O–H groups in total. The molecular formula is C13H14N2S. The summed E-state index contributed by atoms with van der Waals surface area (Å²) in [5.41, 5.74) is 4.07. The lowest BCUT2D eigenvalue weighted by Crippen LogP contribution is -2.02. The fourth-order valence-electron chi connectivity index (χ4n) is 2.18. The third kappa shape index (κ3) is 1.87.